The second kappa shape index (κ2) is 14.4. The smallest absolute Gasteiger partial charge is 0.178 e. The molecule has 0 atom stereocenters. The number of carbonyl (C=O) groups is 1. The topological polar surface area (TPSA) is 88.2 Å². The number of nitrogens with one attached hydrogen (secondary N) is 2. The third-order valence-corrected chi connectivity index (χ3v) is 5.36. The number of aldehydes is 1. The van der Waals surface area contributed by atoms with Gasteiger partial charge in [0.15, 0.2) is 21.1 Å². The fourth-order valence-corrected chi connectivity index (χ4v) is 3.58. The van der Waals surface area contributed by atoms with E-state index in [4.69, 9.17) is 0 Å². The zero-order valence-corrected chi connectivity index (χ0v) is 19.3. The highest BCUT2D eigenvalue weighted by atomic mass is 32.2. The first-order chi connectivity index (χ1) is 13.3. The Balaban J connectivity index is 0.000000431. The molecule has 0 fully saturated rings. The van der Waals surface area contributed by atoms with Crippen LogP contribution in [0.5, 0.6) is 0 Å². The van der Waals surface area contributed by atoms with Gasteiger partial charge in [-0.15, -0.1) is 11.3 Å². The molecular formula is C20H33N3O3S2. The Labute approximate surface area is 173 Å². The van der Waals surface area contributed by atoms with Crippen molar-refractivity contribution < 1.29 is 13.2 Å². The Morgan fingerprint density at radius 1 is 1.18 bits per heavy atom. The lowest BCUT2D eigenvalue weighted by atomic mass is 10.2. The van der Waals surface area contributed by atoms with Crippen LogP contribution in [0.1, 0.15) is 60.1 Å². The molecular weight excluding hydrogens is 394 g/mol. The van der Waals surface area contributed by atoms with Crippen molar-refractivity contribution in [2.75, 3.05) is 13.3 Å². The second-order valence-corrected chi connectivity index (χ2v) is 8.93. The maximum Gasteiger partial charge on any atom is 0.178 e. The summed E-state index contributed by atoms with van der Waals surface area (Å²) in [6.07, 6.45) is 3.27. The highest BCUT2D eigenvalue weighted by molar-refractivity contribution is 7.90. The van der Waals surface area contributed by atoms with E-state index in [1.165, 1.54) is 28.9 Å². The lowest BCUT2D eigenvalue weighted by Crippen LogP contribution is -2.05. The maximum atomic E-state index is 11.1. The van der Waals surface area contributed by atoms with Crippen LogP contribution < -0.4 is 10.6 Å². The maximum absolute atomic E-state index is 11.1. The van der Waals surface area contributed by atoms with E-state index >= 15 is 0 Å². The third-order valence-electron chi connectivity index (χ3n) is 3.21. The van der Waals surface area contributed by atoms with Gasteiger partial charge in [-0.2, -0.15) is 0 Å². The van der Waals surface area contributed by atoms with E-state index in [9.17, 15) is 13.2 Å². The summed E-state index contributed by atoms with van der Waals surface area (Å²) < 4.78 is 22.2. The van der Waals surface area contributed by atoms with Crippen LogP contribution in [0.2, 0.25) is 0 Å². The minimum Gasteiger partial charge on any atom is -0.316 e. The minimum atomic E-state index is -3.05. The van der Waals surface area contributed by atoms with Crippen LogP contribution in [0.15, 0.2) is 29.2 Å². The monoisotopic (exact) mass is 427 g/mol. The summed E-state index contributed by atoms with van der Waals surface area (Å²) in [4.78, 5) is 15.9. The summed E-state index contributed by atoms with van der Waals surface area (Å²) in [6.45, 7) is 10.7. The van der Waals surface area contributed by atoms with Crippen molar-refractivity contribution in [3.8, 4) is 0 Å². The van der Waals surface area contributed by atoms with E-state index in [1.54, 1.807) is 12.1 Å². The highest BCUT2D eigenvalue weighted by Gasteiger charge is 2.15. The molecule has 2 heterocycles. The number of rotatable bonds is 4. The summed E-state index contributed by atoms with van der Waals surface area (Å²) in [5.74, 6) is 0. The Kier molecular flexibility index (Phi) is 13.6. The van der Waals surface area contributed by atoms with Gasteiger partial charge in [0, 0.05) is 30.8 Å². The number of hydrogen-bond donors (Lipinski definition) is 2. The Bertz CT molecular complexity index is 764. The van der Waals surface area contributed by atoms with Crippen molar-refractivity contribution in [1.82, 2.24) is 15.6 Å². The molecule has 1 aliphatic rings. The van der Waals surface area contributed by atoms with Crippen LogP contribution in [0, 0.1) is 0 Å². The van der Waals surface area contributed by atoms with Crippen molar-refractivity contribution in [2.24, 2.45) is 0 Å². The summed E-state index contributed by atoms with van der Waals surface area (Å²) >= 11 is 1.48. The number of sulfone groups is 1. The number of hydrogen-bond acceptors (Lipinski definition) is 7. The number of carbonyl (C=O) groups excluding carboxylic acids is 1. The first-order valence-corrected chi connectivity index (χ1v) is 12.1. The van der Waals surface area contributed by atoms with Gasteiger partial charge in [0.05, 0.1) is 10.6 Å². The van der Waals surface area contributed by atoms with Crippen LogP contribution in [0.4, 0.5) is 0 Å². The lowest BCUT2D eigenvalue weighted by molar-refractivity contribution is 0.112. The predicted molar refractivity (Wildman–Crippen MR) is 118 cm³/mol. The second-order valence-electron chi connectivity index (χ2n) is 5.80. The quantitative estimate of drug-likeness (QED) is 0.722. The van der Waals surface area contributed by atoms with Crippen LogP contribution in [0.25, 0.3) is 0 Å². The average Bonchev–Trinajstić information content (AvgIpc) is 3.26. The Morgan fingerprint density at radius 2 is 1.75 bits per heavy atom. The van der Waals surface area contributed by atoms with Gasteiger partial charge in [-0.3, -0.25) is 4.79 Å². The Hall–Kier alpha value is -1.61. The van der Waals surface area contributed by atoms with Crippen molar-refractivity contribution in [2.45, 2.75) is 58.6 Å². The summed E-state index contributed by atoms with van der Waals surface area (Å²) in [5.41, 5.74) is 2.13. The highest BCUT2D eigenvalue weighted by Crippen LogP contribution is 2.21. The van der Waals surface area contributed by atoms with E-state index in [1.807, 2.05) is 33.0 Å². The third kappa shape index (κ3) is 9.54. The van der Waals surface area contributed by atoms with E-state index in [2.05, 4.69) is 29.5 Å². The fourth-order valence-electron chi connectivity index (χ4n) is 2.08. The molecule has 1 aliphatic heterocycles. The molecule has 0 amide bonds. The van der Waals surface area contributed by atoms with Gasteiger partial charge in [0.1, 0.15) is 0 Å². The molecule has 2 N–H and O–H groups in total. The molecule has 158 valence electrons. The molecule has 0 spiro atoms. The van der Waals surface area contributed by atoms with Gasteiger partial charge in [-0.25, -0.2) is 13.4 Å². The molecule has 0 radical (unpaired) electrons. The lowest BCUT2D eigenvalue weighted by Gasteiger charge is -2.01. The zero-order valence-electron chi connectivity index (χ0n) is 17.7. The van der Waals surface area contributed by atoms with Crippen molar-refractivity contribution in [3.05, 3.63) is 45.4 Å². The van der Waals surface area contributed by atoms with Crippen LogP contribution in [-0.2, 0) is 29.5 Å². The molecule has 6 nitrogen and oxygen atoms in total. The largest absolute Gasteiger partial charge is 0.316 e. The standard InChI is InChI=1S/C9H13NO2S.C6H6N2OS.C3H8.C2H6/c1-10-7-8-3-5-9(6-4-8)13(2,11)12;9-3-6-8-4-1-7-2-5(4)10-6;1-3-2;1-2/h3-6,10H,7H2,1-2H3;3,7H,1-2H2;3H2,1-2H3;1-2H3. The normalized spacial score (nSPS) is 11.6. The van der Waals surface area contributed by atoms with Gasteiger partial charge in [0.2, 0.25) is 0 Å². The van der Waals surface area contributed by atoms with E-state index < -0.39 is 9.84 Å². The van der Waals surface area contributed by atoms with E-state index in [-0.39, 0.29) is 0 Å². The van der Waals surface area contributed by atoms with Gasteiger partial charge < -0.3 is 10.6 Å². The average molecular weight is 428 g/mol. The summed E-state index contributed by atoms with van der Waals surface area (Å²) in [5, 5.41) is 6.75. The van der Waals surface area contributed by atoms with Crippen LogP contribution >= 0.6 is 11.3 Å². The number of aromatic nitrogens is 1. The molecule has 1 aromatic carbocycles. The Morgan fingerprint density at radius 3 is 2.18 bits per heavy atom. The number of fused-ring (bicyclic) bond motifs is 1. The molecule has 0 saturated carbocycles. The van der Waals surface area contributed by atoms with Crippen molar-refractivity contribution >= 4 is 27.5 Å². The van der Waals surface area contributed by atoms with Gasteiger partial charge >= 0.3 is 0 Å². The van der Waals surface area contributed by atoms with Gasteiger partial charge in [-0.05, 0) is 24.7 Å². The van der Waals surface area contributed by atoms with Crippen molar-refractivity contribution in [1.29, 1.82) is 0 Å². The minimum absolute atomic E-state index is 0.368. The number of benzene rings is 1. The molecule has 1 aromatic heterocycles. The number of nitrogens with zero attached hydrogens (tertiary/aromatic N) is 1. The predicted octanol–water partition coefficient (Wildman–Crippen LogP) is 3.81. The SMILES string of the molecule is CC.CCC.CNCc1ccc(S(C)(=O)=O)cc1.O=Cc1nc2c(s1)CNC2. The first-order valence-electron chi connectivity index (χ1n) is 9.43. The van der Waals surface area contributed by atoms with Crippen LogP contribution in [-0.4, -0.2) is 33.0 Å². The molecule has 0 aliphatic carbocycles. The molecule has 0 saturated heterocycles. The molecule has 3 rings (SSSR count). The summed E-state index contributed by atoms with van der Waals surface area (Å²) in [6, 6.07) is 6.88. The van der Waals surface area contributed by atoms with Gasteiger partial charge in [0.25, 0.3) is 0 Å². The van der Waals surface area contributed by atoms with E-state index in [0.29, 0.717) is 9.90 Å². The summed E-state index contributed by atoms with van der Waals surface area (Å²) in [7, 11) is -1.20. The molecule has 8 heteroatoms. The van der Waals surface area contributed by atoms with E-state index in [0.717, 1.165) is 37.2 Å². The molecule has 0 bridgehead atoms. The van der Waals surface area contributed by atoms with Crippen LogP contribution in [0.3, 0.4) is 0 Å². The van der Waals surface area contributed by atoms with Gasteiger partial charge in [-0.1, -0.05) is 46.2 Å². The zero-order chi connectivity index (χ0) is 21.6. The molecule has 2 aromatic rings. The molecule has 28 heavy (non-hydrogen) atoms. The number of thiazole rings is 1. The fraction of sp³-hybridized carbons (Fsp3) is 0.500. The molecule has 0 unspecified atom stereocenters. The van der Waals surface area contributed by atoms with Crippen molar-refractivity contribution in [3.63, 3.8) is 0 Å². The first kappa shape index (κ1) is 26.4.